The Balaban J connectivity index is 1.45. The van der Waals surface area contributed by atoms with Crippen LogP contribution in [0, 0.1) is 0 Å². The second kappa shape index (κ2) is 7.54. The number of methoxy groups -OCH3 is 1. The van der Waals surface area contributed by atoms with Crippen LogP contribution in [0.1, 0.15) is 21.5 Å². The van der Waals surface area contributed by atoms with Gasteiger partial charge in [0.25, 0.3) is 5.91 Å². The molecule has 0 radical (unpaired) electrons. The Kier molecular flexibility index (Phi) is 4.90. The predicted molar refractivity (Wildman–Crippen MR) is 103 cm³/mol. The molecular formula is C20H16F3N5O2. The molecule has 3 aromatic heterocycles. The molecule has 0 aliphatic heterocycles. The van der Waals surface area contributed by atoms with Crippen LogP contribution in [0.15, 0.2) is 55.1 Å². The number of carbonyl (C=O) groups is 1. The predicted octanol–water partition coefficient (Wildman–Crippen LogP) is 4.09. The summed E-state index contributed by atoms with van der Waals surface area (Å²) in [5.41, 5.74) is 1.56. The van der Waals surface area contributed by atoms with E-state index in [0.717, 1.165) is 23.0 Å². The Morgan fingerprint density at radius 2 is 2.00 bits per heavy atom. The first-order valence-electron chi connectivity index (χ1n) is 8.84. The molecule has 0 bridgehead atoms. The zero-order valence-electron chi connectivity index (χ0n) is 15.7. The van der Waals surface area contributed by atoms with Crippen molar-refractivity contribution in [1.82, 2.24) is 19.7 Å². The van der Waals surface area contributed by atoms with E-state index in [0.29, 0.717) is 22.7 Å². The van der Waals surface area contributed by atoms with Crippen LogP contribution >= 0.6 is 0 Å². The smallest absolute Gasteiger partial charge is 0.416 e. The van der Waals surface area contributed by atoms with Crippen LogP contribution in [-0.2, 0) is 12.7 Å². The molecule has 2 N–H and O–H groups in total. The number of ether oxygens (including phenoxy) is 1. The maximum Gasteiger partial charge on any atom is 0.416 e. The largest absolute Gasteiger partial charge is 0.481 e. The highest BCUT2D eigenvalue weighted by Crippen LogP contribution is 2.29. The minimum absolute atomic E-state index is 0.238. The number of halogens is 3. The van der Waals surface area contributed by atoms with Crippen LogP contribution in [0.3, 0.4) is 0 Å². The van der Waals surface area contributed by atoms with Crippen molar-refractivity contribution in [2.24, 2.45) is 0 Å². The Hall–Kier alpha value is -3.82. The van der Waals surface area contributed by atoms with Crippen molar-refractivity contribution >= 4 is 22.5 Å². The monoisotopic (exact) mass is 415 g/mol. The van der Waals surface area contributed by atoms with Gasteiger partial charge in [0.2, 0.25) is 5.88 Å². The molecule has 3 heterocycles. The molecule has 0 saturated carbocycles. The molecule has 0 aliphatic carbocycles. The van der Waals surface area contributed by atoms with E-state index in [1.807, 2.05) is 0 Å². The summed E-state index contributed by atoms with van der Waals surface area (Å²) in [4.78, 5) is 19.7. The normalized spacial score (nSPS) is 11.6. The average molecular weight is 415 g/mol. The maximum absolute atomic E-state index is 12.7. The van der Waals surface area contributed by atoms with Crippen molar-refractivity contribution < 1.29 is 22.7 Å². The molecule has 4 aromatic rings. The second-order valence-electron chi connectivity index (χ2n) is 6.55. The molecule has 10 heteroatoms. The highest BCUT2D eigenvalue weighted by molar-refractivity contribution is 6.08. The standard InChI is InChI=1S/C20H16F3N5O2/c1-30-18-6-16-15(8-25-18)17(9-24-16)27-19(29)13-7-26-28(11-13)10-12-2-4-14(5-3-12)20(21,22)23/h2-9,11,24H,10H2,1H3,(H,27,29). The zero-order chi connectivity index (χ0) is 21.3. The van der Waals surface area contributed by atoms with Gasteiger partial charge in [-0.3, -0.25) is 9.48 Å². The molecule has 0 unspecified atom stereocenters. The van der Waals surface area contributed by atoms with Crippen molar-refractivity contribution in [3.63, 3.8) is 0 Å². The summed E-state index contributed by atoms with van der Waals surface area (Å²) in [7, 11) is 1.52. The van der Waals surface area contributed by atoms with Crippen molar-refractivity contribution in [2.75, 3.05) is 12.4 Å². The number of aromatic nitrogens is 4. The fourth-order valence-electron chi connectivity index (χ4n) is 2.96. The Bertz CT molecular complexity index is 1200. The minimum atomic E-state index is -4.38. The summed E-state index contributed by atoms with van der Waals surface area (Å²) in [6.07, 6.45) is 1.79. The van der Waals surface area contributed by atoms with E-state index in [1.54, 1.807) is 18.5 Å². The third-order valence-electron chi connectivity index (χ3n) is 4.52. The average Bonchev–Trinajstić information content (AvgIpc) is 3.34. The molecule has 0 atom stereocenters. The van der Waals surface area contributed by atoms with Crippen molar-refractivity contribution in [3.05, 3.63) is 71.8 Å². The van der Waals surface area contributed by atoms with E-state index < -0.39 is 11.7 Å². The third-order valence-corrected chi connectivity index (χ3v) is 4.52. The molecule has 1 aromatic carbocycles. The molecule has 4 rings (SSSR count). The number of nitrogens with one attached hydrogen (secondary N) is 2. The number of nitrogens with zero attached hydrogens (tertiary/aromatic N) is 3. The third kappa shape index (κ3) is 3.97. The minimum Gasteiger partial charge on any atom is -0.481 e. The number of H-pyrrole nitrogens is 1. The number of hydrogen-bond acceptors (Lipinski definition) is 4. The lowest BCUT2D eigenvalue weighted by Gasteiger charge is -2.07. The van der Waals surface area contributed by atoms with E-state index in [9.17, 15) is 18.0 Å². The number of hydrogen-bond donors (Lipinski definition) is 2. The number of alkyl halides is 3. The molecule has 1 amide bonds. The van der Waals surface area contributed by atoms with Crippen LogP contribution < -0.4 is 10.1 Å². The number of amides is 1. The number of pyridine rings is 1. The second-order valence-corrected chi connectivity index (χ2v) is 6.55. The maximum atomic E-state index is 12.7. The van der Waals surface area contributed by atoms with Gasteiger partial charge in [0.15, 0.2) is 0 Å². The highest BCUT2D eigenvalue weighted by atomic mass is 19.4. The van der Waals surface area contributed by atoms with Gasteiger partial charge in [-0.05, 0) is 17.7 Å². The summed E-state index contributed by atoms with van der Waals surface area (Å²) >= 11 is 0. The van der Waals surface area contributed by atoms with Gasteiger partial charge in [0, 0.05) is 30.0 Å². The summed E-state index contributed by atoms with van der Waals surface area (Å²) < 4.78 is 44.5. The topological polar surface area (TPSA) is 84.8 Å². The molecular weight excluding hydrogens is 399 g/mol. The van der Waals surface area contributed by atoms with Crippen molar-refractivity contribution in [2.45, 2.75) is 12.7 Å². The van der Waals surface area contributed by atoms with E-state index in [1.165, 1.54) is 36.3 Å². The molecule has 154 valence electrons. The lowest BCUT2D eigenvalue weighted by molar-refractivity contribution is -0.137. The molecule has 30 heavy (non-hydrogen) atoms. The lowest BCUT2D eigenvalue weighted by atomic mass is 10.1. The number of benzene rings is 1. The first-order chi connectivity index (χ1) is 14.3. The highest BCUT2D eigenvalue weighted by Gasteiger charge is 2.29. The Morgan fingerprint density at radius 1 is 1.23 bits per heavy atom. The van der Waals surface area contributed by atoms with Gasteiger partial charge < -0.3 is 15.0 Å². The van der Waals surface area contributed by atoms with Crippen molar-refractivity contribution in [1.29, 1.82) is 0 Å². The SMILES string of the molecule is COc1cc2[nH]cc(NC(=O)c3cnn(Cc4ccc(C(F)(F)F)cc4)c3)c2cn1. The molecule has 0 aliphatic rings. The van der Waals surface area contributed by atoms with E-state index in [-0.39, 0.29) is 12.5 Å². The van der Waals surface area contributed by atoms with Gasteiger partial charge in [-0.25, -0.2) is 4.98 Å². The number of fused-ring (bicyclic) bond motifs is 1. The summed E-state index contributed by atoms with van der Waals surface area (Å²) in [6, 6.07) is 6.53. The molecule has 0 saturated heterocycles. The quantitative estimate of drug-likeness (QED) is 0.514. The van der Waals surface area contributed by atoms with Crippen molar-refractivity contribution in [3.8, 4) is 5.88 Å². The Labute approximate surface area is 168 Å². The van der Waals surface area contributed by atoms with Crippen LogP contribution in [0.4, 0.5) is 18.9 Å². The number of carbonyl (C=O) groups excluding carboxylic acids is 1. The van der Waals surface area contributed by atoms with Gasteiger partial charge >= 0.3 is 6.18 Å². The molecule has 0 fully saturated rings. The molecule has 0 spiro atoms. The number of anilines is 1. The zero-order valence-corrected chi connectivity index (χ0v) is 15.7. The summed E-state index contributed by atoms with van der Waals surface area (Å²) in [5, 5.41) is 7.63. The fourth-order valence-corrected chi connectivity index (χ4v) is 2.96. The van der Waals surface area contributed by atoms with Crippen LogP contribution in [0.5, 0.6) is 5.88 Å². The van der Waals surface area contributed by atoms with Gasteiger partial charge in [-0.2, -0.15) is 18.3 Å². The fraction of sp³-hybridized carbons (Fsp3) is 0.150. The van der Waals surface area contributed by atoms with Gasteiger partial charge in [0.1, 0.15) is 0 Å². The van der Waals surface area contributed by atoms with Gasteiger partial charge in [-0.15, -0.1) is 0 Å². The van der Waals surface area contributed by atoms with E-state index >= 15 is 0 Å². The number of rotatable bonds is 5. The van der Waals surface area contributed by atoms with Crippen LogP contribution in [0.25, 0.3) is 10.9 Å². The van der Waals surface area contributed by atoms with Crippen LogP contribution in [-0.4, -0.2) is 32.8 Å². The summed E-state index contributed by atoms with van der Waals surface area (Å²) in [6.45, 7) is 0.238. The first kappa shape index (κ1) is 19.5. The van der Waals surface area contributed by atoms with E-state index in [4.69, 9.17) is 4.74 Å². The van der Waals surface area contributed by atoms with Gasteiger partial charge in [0.05, 0.1) is 42.2 Å². The lowest BCUT2D eigenvalue weighted by Crippen LogP contribution is -2.11. The first-order valence-corrected chi connectivity index (χ1v) is 8.84. The van der Waals surface area contributed by atoms with Gasteiger partial charge in [-0.1, -0.05) is 12.1 Å². The number of aromatic amines is 1. The van der Waals surface area contributed by atoms with E-state index in [2.05, 4.69) is 20.4 Å². The van der Waals surface area contributed by atoms with Crippen LogP contribution in [0.2, 0.25) is 0 Å². The Morgan fingerprint density at radius 3 is 2.70 bits per heavy atom. The molecule has 7 nitrogen and oxygen atoms in total. The summed E-state index contributed by atoms with van der Waals surface area (Å²) in [5.74, 6) is 0.0807.